The second-order valence-electron chi connectivity index (χ2n) is 5.20. The Morgan fingerprint density at radius 1 is 1.30 bits per heavy atom. The Morgan fingerprint density at radius 3 is 2.30 bits per heavy atom. The van der Waals surface area contributed by atoms with Crippen LogP contribution in [0.15, 0.2) is 12.2 Å². The lowest BCUT2D eigenvalue weighted by molar-refractivity contribution is -0.233. The van der Waals surface area contributed by atoms with E-state index in [2.05, 4.69) is 4.74 Å². The highest BCUT2D eigenvalue weighted by Crippen LogP contribution is 2.67. The predicted molar refractivity (Wildman–Crippen MR) is 74.5 cm³/mol. The smallest absolute Gasteiger partial charge is 0.418 e. The summed E-state index contributed by atoms with van der Waals surface area (Å²) in [7, 11) is -3.46. The first-order valence-electron chi connectivity index (χ1n) is 7.21. The molecule has 0 aromatic rings. The molecule has 0 amide bonds. The van der Waals surface area contributed by atoms with E-state index in [9.17, 15) is 22.5 Å². The maximum absolute atomic E-state index is 14.0. The lowest BCUT2D eigenvalue weighted by atomic mass is 9.85. The van der Waals surface area contributed by atoms with Gasteiger partial charge in [0, 0.05) is 12.0 Å². The third kappa shape index (κ3) is 2.54. The average Bonchev–Trinajstić information content (AvgIpc) is 3.05. The first-order chi connectivity index (χ1) is 10.7. The van der Waals surface area contributed by atoms with E-state index < -0.39 is 37.4 Å². The Bertz CT molecular complexity index is 542. The topological polar surface area (TPSA) is 65.1 Å². The van der Waals surface area contributed by atoms with E-state index >= 15 is 0 Å². The zero-order chi connectivity index (χ0) is 17.5. The fourth-order valence-electron chi connectivity index (χ4n) is 3.32. The van der Waals surface area contributed by atoms with Crippen LogP contribution in [0.25, 0.3) is 0 Å². The second-order valence-corrected chi connectivity index (χ2v) is 7.08. The maximum Gasteiger partial charge on any atom is 0.418 e. The largest absolute Gasteiger partial charge is 0.467 e. The molecule has 10 heteroatoms. The molecule has 2 aliphatic rings. The maximum atomic E-state index is 14.0. The van der Waals surface area contributed by atoms with Gasteiger partial charge in [-0.2, -0.15) is 17.8 Å². The van der Waals surface area contributed by atoms with Crippen molar-refractivity contribution in [3.8, 4) is 0 Å². The van der Waals surface area contributed by atoms with Crippen LogP contribution >= 0.6 is 7.75 Å². The van der Waals surface area contributed by atoms with Crippen LogP contribution in [0.3, 0.4) is 0 Å². The van der Waals surface area contributed by atoms with Crippen LogP contribution in [0.4, 0.5) is 13.2 Å². The number of methoxy groups -OCH3 is 1. The minimum Gasteiger partial charge on any atom is -0.467 e. The first kappa shape index (κ1) is 18.4. The normalized spacial score (nSPS) is 30.9. The Labute approximate surface area is 132 Å². The second kappa shape index (κ2) is 6.20. The number of alkyl halides is 3. The number of carbonyl (C=O) groups is 1. The summed E-state index contributed by atoms with van der Waals surface area (Å²) in [6.07, 6.45) is -2.21. The summed E-state index contributed by atoms with van der Waals surface area (Å²) in [6, 6.07) is -0.871. The Balaban J connectivity index is 2.65. The van der Waals surface area contributed by atoms with Crippen LogP contribution in [0.1, 0.15) is 20.3 Å². The minimum atomic E-state index is -5.01. The molecule has 3 unspecified atom stereocenters. The van der Waals surface area contributed by atoms with Crippen molar-refractivity contribution >= 4 is 13.7 Å². The highest BCUT2D eigenvalue weighted by molar-refractivity contribution is 7.51. The minimum absolute atomic E-state index is 0.00124. The quantitative estimate of drug-likeness (QED) is 0.414. The summed E-state index contributed by atoms with van der Waals surface area (Å²) in [5, 5.41) is 0. The van der Waals surface area contributed by atoms with Crippen LogP contribution in [0.2, 0.25) is 0 Å². The van der Waals surface area contributed by atoms with Crippen LogP contribution in [-0.2, 0) is 23.1 Å². The lowest BCUT2D eigenvalue weighted by Gasteiger charge is -2.44. The summed E-state index contributed by atoms with van der Waals surface area (Å²) in [5.74, 6) is -2.71. The fraction of sp³-hybridized carbons (Fsp3) is 0.769. The SMILES string of the molecule is CCOP(=O)(OCC)N1C2C=CC(C2)C1(C(=O)OC)C(F)(F)F. The van der Waals surface area contributed by atoms with Crippen molar-refractivity contribution < 1.29 is 36.3 Å². The predicted octanol–water partition coefficient (Wildman–Crippen LogP) is 2.90. The molecule has 1 aliphatic carbocycles. The van der Waals surface area contributed by atoms with Crippen LogP contribution in [-0.4, -0.2) is 48.7 Å². The molecule has 1 saturated heterocycles. The number of halogens is 3. The summed E-state index contributed by atoms with van der Waals surface area (Å²) in [4.78, 5) is 12.2. The molecule has 0 saturated carbocycles. The third-order valence-electron chi connectivity index (χ3n) is 4.05. The van der Waals surface area contributed by atoms with Gasteiger partial charge in [-0.25, -0.2) is 9.36 Å². The van der Waals surface area contributed by atoms with Crippen molar-refractivity contribution in [2.45, 2.75) is 38.0 Å². The standard InChI is InChI=1S/C13H19F3NO5P/c1-4-21-23(19,22-5-2)17-10-7-6-9(8-10)12(17,11(18)20-3)13(14,15)16/h6-7,9-10H,4-5,8H2,1-3H3. The monoisotopic (exact) mass is 357 g/mol. The molecule has 0 aromatic heterocycles. The molecule has 0 spiro atoms. The van der Waals surface area contributed by atoms with Gasteiger partial charge in [-0.05, 0) is 20.3 Å². The number of hydrogen-bond donors (Lipinski definition) is 0. The summed E-state index contributed by atoms with van der Waals surface area (Å²) in [6.45, 7) is 2.74. The molecule has 0 N–H and O–H groups in total. The summed E-state index contributed by atoms with van der Waals surface area (Å²) in [5.41, 5.74) is -3.07. The van der Waals surface area contributed by atoms with Crippen LogP contribution in [0.5, 0.6) is 0 Å². The number of nitrogens with zero attached hydrogens (tertiary/aromatic N) is 1. The molecule has 0 aromatic carbocycles. The molecule has 2 rings (SSSR count). The fourth-order valence-corrected chi connectivity index (χ4v) is 5.56. The van der Waals surface area contributed by atoms with Crippen molar-refractivity contribution in [3.05, 3.63) is 12.2 Å². The van der Waals surface area contributed by atoms with Gasteiger partial charge in [-0.15, -0.1) is 0 Å². The molecule has 1 fully saturated rings. The van der Waals surface area contributed by atoms with E-state index in [4.69, 9.17) is 9.05 Å². The van der Waals surface area contributed by atoms with Crippen molar-refractivity contribution in [3.63, 3.8) is 0 Å². The van der Waals surface area contributed by atoms with Crippen molar-refractivity contribution in [2.75, 3.05) is 20.3 Å². The Morgan fingerprint density at radius 2 is 1.87 bits per heavy atom. The average molecular weight is 357 g/mol. The Hall–Kier alpha value is -0.890. The van der Waals surface area contributed by atoms with Crippen molar-refractivity contribution in [1.29, 1.82) is 0 Å². The molecule has 1 heterocycles. The van der Waals surface area contributed by atoms with Gasteiger partial charge in [-0.3, -0.25) is 9.05 Å². The van der Waals surface area contributed by atoms with E-state index in [-0.39, 0.29) is 19.6 Å². The van der Waals surface area contributed by atoms with Gasteiger partial charge in [0.1, 0.15) is 0 Å². The first-order valence-corrected chi connectivity index (χ1v) is 8.71. The molecule has 0 radical (unpaired) electrons. The van der Waals surface area contributed by atoms with E-state index in [1.165, 1.54) is 26.0 Å². The van der Waals surface area contributed by atoms with Gasteiger partial charge in [0.15, 0.2) is 0 Å². The van der Waals surface area contributed by atoms with Crippen LogP contribution < -0.4 is 0 Å². The molecule has 3 atom stereocenters. The lowest BCUT2D eigenvalue weighted by Crippen LogP contribution is -2.65. The van der Waals surface area contributed by atoms with E-state index in [0.717, 1.165) is 7.11 Å². The van der Waals surface area contributed by atoms with Gasteiger partial charge in [-0.1, -0.05) is 12.2 Å². The number of carbonyl (C=O) groups excluding carboxylic acids is 1. The number of fused-ring (bicyclic) bond motifs is 2. The summed E-state index contributed by atoms with van der Waals surface area (Å²) >= 11 is 0. The molecular weight excluding hydrogens is 338 g/mol. The number of ether oxygens (including phenoxy) is 1. The van der Waals surface area contributed by atoms with Gasteiger partial charge < -0.3 is 4.74 Å². The van der Waals surface area contributed by atoms with E-state index in [1.807, 2.05) is 0 Å². The zero-order valence-corrected chi connectivity index (χ0v) is 13.9. The van der Waals surface area contributed by atoms with Crippen molar-refractivity contribution in [2.24, 2.45) is 5.92 Å². The van der Waals surface area contributed by atoms with Gasteiger partial charge >= 0.3 is 19.9 Å². The molecule has 23 heavy (non-hydrogen) atoms. The number of esters is 1. The molecule has 6 nitrogen and oxygen atoms in total. The van der Waals surface area contributed by atoms with Gasteiger partial charge in [0.25, 0.3) is 0 Å². The number of rotatable bonds is 6. The Kier molecular flexibility index (Phi) is 4.97. The zero-order valence-electron chi connectivity index (χ0n) is 13.0. The molecular formula is C13H19F3NO5P. The number of hydrogen-bond acceptors (Lipinski definition) is 5. The highest BCUT2D eigenvalue weighted by atomic mass is 31.2. The summed E-state index contributed by atoms with van der Waals surface area (Å²) < 4.78 is 70.0. The van der Waals surface area contributed by atoms with Crippen molar-refractivity contribution in [1.82, 2.24) is 4.67 Å². The molecule has 1 aliphatic heterocycles. The van der Waals surface area contributed by atoms with Crippen LogP contribution in [0, 0.1) is 5.92 Å². The molecule has 132 valence electrons. The molecule has 2 bridgehead atoms. The van der Waals surface area contributed by atoms with Gasteiger partial charge in [0.2, 0.25) is 5.54 Å². The van der Waals surface area contributed by atoms with Gasteiger partial charge in [0.05, 0.1) is 20.3 Å². The van der Waals surface area contributed by atoms with E-state index in [1.54, 1.807) is 0 Å². The van der Waals surface area contributed by atoms with E-state index in [0.29, 0.717) is 4.67 Å². The highest BCUT2D eigenvalue weighted by Gasteiger charge is 2.77. The third-order valence-corrected chi connectivity index (χ3v) is 6.36.